The number of rotatable bonds is 5. The van der Waals surface area contributed by atoms with Crippen LogP contribution in [0, 0.1) is 5.41 Å². The Morgan fingerprint density at radius 3 is 2.52 bits per heavy atom. The minimum Gasteiger partial charge on any atom is -0.370 e. The Morgan fingerprint density at radius 1 is 1.38 bits per heavy atom. The molecule has 0 amide bonds. The zero-order chi connectivity index (χ0) is 15.1. The predicted molar refractivity (Wildman–Crippen MR) is 80.4 cm³/mol. The maximum absolute atomic E-state index is 13.4. The molecule has 0 radical (unpaired) electrons. The molecule has 3 aliphatic rings. The summed E-state index contributed by atoms with van der Waals surface area (Å²) in [6.45, 7) is 1.32. The lowest BCUT2D eigenvalue weighted by Crippen LogP contribution is -2.56. The average Bonchev–Trinajstić information content (AvgIpc) is 3.02. The summed E-state index contributed by atoms with van der Waals surface area (Å²) in [5.41, 5.74) is 11.4. The SMILES string of the molecule is CN[C@@H]1CCN(C2(CC3(CF)CC3)N=C(N)NC(N)=N2)C1. The van der Waals surface area contributed by atoms with Crippen molar-refractivity contribution < 1.29 is 4.39 Å². The second-order valence-corrected chi connectivity index (χ2v) is 6.42. The second-order valence-electron chi connectivity index (χ2n) is 6.42. The van der Waals surface area contributed by atoms with Gasteiger partial charge in [0.05, 0.1) is 6.67 Å². The van der Waals surface area contributed by atoms with Crippen molar-refractivity contribution in [3.05, 3.63) is 0 Å². The molecular weight excluding hydrogens is 273 g/mol. The van der Waals surface area contributed by atoms with Crippen LogP contribution >= 0.6 is 0 Å². The molecule has 1 atom stereocenters. The summed E-state index contributed by atoms with van der Waals surface area (Å²) in [5, 5.41) is 6.00. The van der Waals surface area contributed by atoms with E-state index in [1.165, 1.54) is 0 Å². The maximum atomic E-state index is 13.4. The third-order valence-electron chi connectivity index (χ3n) is 4.81. The number of hydrogen-bond donors (Lipinski definition) is 4. The van der Waals surface area contributed by atoms with Crippen LogP contribution in [0.4, 0.5) is 4.39 Å². The molecule has 1 saturated heterocycles. The van der Waals surface area contributed by atoms with E-state index in [0.717, 1.165) is 32.4 Å². The van der Waals surface area contributed by atoms with Gasteiger partial charge in [0.2, 0.25) is 5.79 Å². The monoisotopic (exact) mass is 297 g/mol. The molecule has 2 heterocycles. The Kier molecular flexibility index (Phi) is 3.53. The predicted octanol–water partition coefficient (Wildman–Crippen LogP) is -0.694. The minimum atomic E-state index is -0.854. The van der Waals surface area contributed by atoms with Gasteiger partial charge >= 0.3 is 0 Å². The number of likely N-dealkylation sites (N-methyl/N-ethyl adjacent to an activating group) is 1. The topological polar surface area (TPSA) is 104 Å². The van der Waals surface area contributed by atoms with Gasteiger partial charge in [0, 0.05) is 31.0 Å². The molecule has 6 N–H and O–H groups in total. The van der Waals surface area contributed by atoms with E-state index < -0.39 is 5.79 Å². The van der Waals surface area contributed by atoms with Crippen molar-refractivity contribution >= 4 is 11.9 Å². The van der Waals surface area contributed by atoms with Crippen molar-refractivity contribution in [1.29, 1.82) is 0 Å². The molecule has 3 rings (SSSR count). The van der Waals surface area contributed by atoms with Crippen molar-refractivity contribution in [2.24, 2.45) is 26.9 Å². The lowest BCUT2D eigenvalue weighted by Gasteiger charge is -2.39. The number of likely N-dealkylation sites (tertiary alicyclic amines) is 1. The van der Waals surface area contributed by atoms with E-state index in [1.807, 2.05) is 7.05 Å². The van der Waals surface area contributed by atoms with Crippen molar-refractivity contribution in [2.45, 2.75) is 37.5 Å². The van der Waals surface area contributed by atoms with Gasteiger partial charge in [0.1, 0.15) is 0 Å². The number of aliphatic imine (C=N–C) groups is 2. The first kappa shape index (κ1) is 14.5. The van der Waals surface area contributed by atoms with E-state index in [1.54, 1.807) is 0 Å². The van der Waals surface area contributed by atoms with E-state index in [-0.39, 0.29) is 24.0 Å². The minimum absolute atomic E-state index is 0.255. The molecule has 2 aliphatic heterocycles. The van der Waals surface area contributed by atoms with Gasteiger partial charge in [-0.2, -0.15) is 0 Å². The van der Waals surface area contributed by atoms with Gasteiger partial charge in [-0.25, -0.2) is 9.98 Å². The van der Waals surface area contributed by atoms with Crippen LogP contribution in [-0.2, 0) is 0 Å². The van der Waals surface area contributed by atoms with E-state index in [0.29, 0.717) is 12.5 Å². The summed E-state index contributed by atoms with van der Waals surface area (Å²) in [4.78, 5) is 11.2. The van der Waals surface area contributed by atoms with Crippen molar-refractivity contribution in [3.8, 4) is 0 Å². The molecule has 1 aliphatic carbocycles. The van der Waals surface area contributed by atoms with Crippen LogP contribution in [0.2, 0.25) is 0 Å². The van der Waals surface area contributed by atoms with Gasteiger partial charge < -0.3 is 16.8 Å². The molecule has 0 spiro atoms. The lowest BCUT2D eigenvalue weighted by atomic mass is 9.97. The van der Waals surface area contributed by atoms with Crippen LogP contribution in [0.3, 0.4) is 0 Å². The summed E-state index contributed by atoms with van der Waals surface area (Å²) in [5.74, 6) is -0.344. The molecule has 118 valence electrons. The Labute approximate surface area is 124 Å². The first-order chi connectivity index (χ1) is 10.0. The molecule has 8 heteroatoms. The smallest absolute Gasteiger partial charge is 0.215 e. The standard InChI is InChI=1S/C13H24FN7/c1-17-9-2-5-21(6-9)13(7-12(8-14)3-4-12)19-10(15)18-11(16)20-13/h9,17H,2-8H2,1H3,(H5,15,16,18,19,20)/t9-/m1/s1. The molecule has 0 aromatic heterocycles. The highest BCUT2D eigenvalue weighted by atomic mass is 19.1. The van der Waals surface area contributed by atoms with Crippen LogP contribution < -0.4 is 22.1 Å². The van der Waals surface area contributed by atoms with Crippen LogP contribution in [-0.4, -0.2) is 55.5 Å². The van der Waals surface area contributed by atoms with Gasteiger partial charge in [0.25, 0.3) is 0 Å². The molecule has 0 aromatic carbocycles. The van der Waals surface area contributed by atoms with Crippen molar-refractivity contribution in [1.82, 2.24) is 15.5 Å². The summed E-state index contributed by atoms with van der Waals surface area (Å²) < 4.78 is 13.4. The van der Waals surface area contributed by atoms with Crippen LogP contribution in [0.15, 0.2) is 9.98 Å². The second kappa shape index (κ2) is 5.10. The Bertz CT molecular complexity index is 453. The molecule has 7 nitrogen and oxygen atoms in total. The molecule has 2 fully saturated rings. The fourth-order valence-corrected chi connectivity index (χ4v) is 3.29. The fourth-order valence-electron chi connectivity index (χ4n) is 3.29. The average molecular weight is 297 g/mol. The summed E-state index contributed by atoms with van der Waals surface area (Å²) in [6, 6.07) is 0.394. The summed E-state index contributed by atoms with van der Waals surface area (Å²) >= 11 is 0. The molecule has 1 saturated carbocycles. The third-order valence-corrected chi connectivity index (χ3v) is 4.81. The van der Waals surface area contributed by atoms with Crippen molar-refractivity contribution in [3.63, 3.8) is 0 Å². The number of guanidine groups is 2. The van der Waals surface area contributed by atoms with Gasteiger partial charge in [-0.05, 0) is 26.3 Å². The molecule has 0 aromatic rings. The number of alkyl halides is 1. The van der Waals surface area contributed by atoms with Gasteiger partial charge in [-0.3, -0.25) is 14.6 Å². The molecule has 0 bridgehead atoms. The Morgan fingerprint density at radius 2 is 2.05 bits per heavy atom. The van der Waals surface area contributed by atoms with E-state index in [4.69, 9.17) is 11.5 Å². The lowest BCUT2D eigenvalue weighted by molar-refractivity contribution is 0.0847. The third kappa shape index (κ3) is 2.69. The van der Waals surface area contributed by atoms with Gasteiger partial charge in [-0.15, -0.1) is 0 Å². The Balaban J connectivity index is 1.89. The normalized spacial score (nSPS) is 30.5. The van der Waals surface area contributed by atoms with Gasteiger partial charge in [0.15, 0.2) is 11.9 Å². The highest BCUT2D eigenvalue weighted by Gasteiger charge is 2.53. The largest absolute Gasteiger partial charge is 0.370 e. The van der Waals surface area contributed by atoms with E-state index >= 15 is 0 Å². The number of nitrogens with one attached hydrogen (secondary N) is 2. The zero-order valence-electron chi connectivity index (χ0n) is 12.4. The van der Waals surface area contributed by atoms with E-state index in [9.17, 15) is 4.39 Å². The number of hydrogen-bond acceptors (Lipinski definition) is 7. The Hall–Kier alpha value is -1.41. The van der Waals surface area contributed by atoms with Crippen LogP contribution in [0.25, 0.3) is 0 Å². The fraction of sp³-hybridized carbons (Fsp3) is 0.846. The molecule has 0 unspecified atom stereocenters. The summed E-state index contributed by atoms with van der Waals surface area (Å²) in [7, 11) is 1.95. The number of nitrogens with two attached hydrogens (primary N) is 2. The quantitative estimate of drug-likeness (QED) is 0.537. The first-order valence-electron chi connectivity index (χ1n) is 7.47. The van der Waals surface area contributed by atoms with Crippen molar-refractivity contribution in [2.75, 3.05) is 26.8 Å². The summed E-state index contributed by atoms with van der Waals surface area (Å²) in [6.07, 6.45) is 3.31. The van der Waals surface area contributed by atoms with E-state index in [2.05, 4.69) is 25.5 Å². The maximum Gasteiger partial charge on any atom is 0.215 e. The molecule has 21 heavy (non-hydrogen) atoms. The number of halogens is 1. The first-order valence-corrected chi connectivity index (χ1v) is 7.47. The van der Waals surface area contributed by atoms with Crippen LogP contribution in [0.5, 0.6) is 0 Å². The zero-order valence-corrected chi connectivity index (χ0v) is 12.4. The highest BCUT2D eigenvalue weighted by molar-refractivity contribution is 5.98. The number of nitrogens with zero attached hydrogens (tertiary/aromatic N) is 3. The van der Waals surface area contributed by atoms with Crippen LogP contribution in [0.1, 0.15) is 25.7 Å². The van der Waals surface area contributed by atoms with Gasteiger partial charge in [-0.1, -0.05) is 0 Å². The highest BCUT2D eigenvalue weighted by Crippen LogP contribution is 2.53. The molecular formula is C13H24FN7.